The molecule has 0 atom stereocenters. The van der Waals surface area contributed by atoms with Crippen LogP contribution in [0.4, 0.5) is 0 Å². The Bertz CT molecular complexity index is 2720. The van der Waals surface area contributed by atoms with Gasteiger partial charge in [0.1, 0.15) is 22.3 Å². The number of para-hydroxylation sites is 2. The molecule has 0 aliphatic rings. The molecule has 8 aromatic carbocycles. The molecule has 204 valence electrons. The van der Waals surface area contributed by atoms with Crippen LogP contribution in [-0.4, -0.2) is 0 Å². The van der Waals surface area contributed by atoms with Crippen LogP contribution in [0.1, 0.15) is 0 Å². The smallest absolute Gasteiger partial charge is 0.147 e. The minimum absolute atomic E-state index is 0.833. The van der Waals surface area contributed by atoms with Crippen molar-refractivity contribution in [3.63, 3.8) is 0 Å². The first-order valence-corrected chi connectivity index (χ1v) is 15.0. The molecule has 10 aromatic rings. The van der Waals surface area contributed by atoms with Gasteiger partial charge in [-0.25, -0.2) is 0 Å². The Morgan fingerprint density at radius 3 is 1.55 bits per heavy atom. The van der Waals surface area contributed by atoms with E-state index in [4.69, 9.17) is 8.83 Å². The molecule has 0 radical (unpaired) electrons. The fourth-order valence-corrected chi connectivity index (χ4v) is 7.36. The van der Waals surface area contributed by atoms with E-state index < -0.39 is 0 Å². The molecule has 0 amide bonds. The Kier molecular flexibility index (Phi) is 4.75. The maximum absolute atomic E-state index is 6.69. The number of hydrogen-bond donors (Lipinski definition) is 0. The van der Waals surface area contributed by atoms with Crippen LogP contribution in [0, 0.1) is 0 Å². The van der Waals surface area contributed by atoms with Crippen LogP contribution >= 0.6 is 0 Å². The van der Waals surface area contributed by atoms with Gasteiger partial charge < -0.3 is 8.83 Å². The van der Waals surface area contributed by atoms with Crippen molar-refractivity contribution in [3.05, 3.63) is 146 Å². The molecular formula is C42H24O2. The third-order valence-corrected chi connectivity index (χ3v) is 9.23. The summed E-state index contributed by atoms with van der Waals surface area (Å²) < 4.78 is 13.2. The van der Waals surface area contributed by atoms with Gasteiger partial charge in [-0.05, 0) is 78.8 Å². The van der Waals surface area contributed by atoms with Crippen LogP contribution in [0.5, 0.6) is 0 Å². The maximum atomic E-state index is 6.69. The van der Waals surface area contributed by atoms with Gasteiger partial charge >= 0.3 is 0 Å². The van der Waals surface area contributed by atoms with Crippen LogP contribution in [0.3, 0.4) is 0 Å². The molecule has 0 fully saturated rings. The average molecular weight is 561 g/mol. The number of hydrogen-bond acceptors (Lipinski definition) is 2. The topological polar surface area (TPSA) is 26.3 Å². The highest BCUT2D eigenvalue weighted by Gasteiger charge is 2.24. The van der Waals surface area contributed by atoms with Gasteiger partial charge in [0.2, 0.25) is 0 Å². The minimum atomic E-state index is 0.833. The van der Waals surface area contributed by atoms with Crippen LogP contribution in [0.2, 0.25) is 0 Å². The fourth-order valence-electron chi connectivity index (χ4n) is 7.36. The van der Waals surface area contributed by atoms with Crippen molar-refractivity contribution in [1.29, 1.82) is 0 Å². The number of benzene rings is 8. The van der Waals surface area contributed by atoms with Gasteiger partial charge in [-0.1, -0.05) is 121 Å². The molecule has 0 spiro atoms. The van der Waals surface area contributed by atoms with E-state index in [1.807, 2.05) is 18.2 Å². The van der Waals surface area contributed by atoms with E-state index in [0.717, 1.165) is 49.4 Å². The molecule has 2 heterocycles. The first kappa shape index (κ1) is 23.7. The second-order valence-electron chi connectivity index (χ2n) is 11.6. The van der Waals surface area contributed by atoms with E-state index in [9.17, 15) is 0 Å². The fraction of sp³-hybridized carbons (Fsp3) is 0. The van der Waals surface area contributed by atoms with Crippen LogP contribution in [-0.2, 0) is 0 Å². The molecule has 2 heteroatoms. The van der Waals surface area contributed by atoms with Crippen molar-refractivity contribution >= 4 is 76.2 Å². The quantitative estimate of drug-likeness (QED) is 0.197. The lowest BCUT2D eigenvalue weighted by atomic mass is 9.84. The monoisotopic (exact) mass is 560 g/mol. The summed E-state index contributed by atoms with van der Waals surface area (Å²) in [5.74, 6) is 0. The van der Waals surface area contributed by atoms with Crippen molar-refractivity contribution in [2.45, 2.75) is 0 Å². The lowest BCUT2D eigenvalue weighted by Crippen LogP contribution is -1.91. The van der Waals surface area contributed by atoms with Crippen molar-refractivity contribution in [2.24, 2.45) is 0 Å². The SMILES string of the molecule is c1ccc2cc(-c3c4ccccc4c(-c4cc5oc6ccccc6c5c5oc6ccccc6c45)c4ccccc34)ccc2c1. The highest BCUT2D eigenvalue weighted by molar-refractivity contribution is 6.30. The molecule has 0 bridgehead atoms. The first-order valence-electron chi connectivity index (χ1n) is 15.0. The van der Waals surface area contributed by atoms with Crippen LogP contribution in [0.25, 0.3) is 98.4 Å². The van der Waals surface area contributed by atoms with Gasteiger partial charge in [-0.3, -0.25) is 0 Å². The number of furan rings is 2. The highest BCUT2D eigenvalue weighted by Crippen LogP contribution is 2.49. The zero-order chi connectivity index (χ0) is 28.8. The molecule has 2 aromatic heterocycles. The third kappa shape index (κ3) is 3.20. The van der Waals surface area contributed by atoms with E-state index in [1.165, 1.54) is 49.0 Å². The van der Waals surface area contributed by atoms with Gasteiger partial charge in [0.25, 0.3) is 0 Å². The van der Waals surface area contributed by atoms with E-state index in [1.54, 1.807) is 0 Å². The zero-order valence-electron chi connectivity index (χ0n) is 23.7. The summed E-state index contributed by atoms with van der Waals surface area (Å²) in [5, 5.41) is 11.7. The molecule has 0 aliphatic carbocycles. The summed E-state index contributed by atoms with van der Waals surface area (Å²) in [4.78, 5) is 0. The molecule has 44 heavy (non-hydrogen) atoms. The average Bonchev–Trinajstić information content (AvgIpc) is 3.65. The second-order valence-corrected chi connectivity index (χ2v) is 11.6. The third-order valence-electron chi connectivity index (χ3n) is 9.23. The predicted molar refractivity (Wildman–Crippen MR) is 184 cm³/mol. The number of rotatable bonds is 2. The molecule has 0 unspecified atom stereocenters. The Morgan fingerprint density at radius 2 is 0.864 bits per heavy atom. The molecule has 0 aliphatic heterocycles. The molecule has 0 saturated carbocycles. The standard InChI is InChI=1S/C42H24O2/c1-2-12-26-23-27(22-21-25(26)11-1)38-28-13-3-5-15-30(28)39(31-16-6-4-14-29(31)38)34-24-37-41(33-18-8-9-19-35(33)43-37)42-40(34)32-17-7-10-20-36(32)44-42/h1-24H. The van der Waals surface area contributed by atoms with Gasteiger partial charge in [0.05, 0.1) is 5.39 Å². The Balaban J connectivity index is 1.41. The summed E-state index contributed by atoms with van der Waals surface area (Å²) in [6.07, 6.45) is 0. The normalized spacial score (nSPS) is 12.1. The molecular weight excluding hydrogens is 536 g/mol. The predicted octanol–water partition coefficient (Wildman–Crippen LogP) is 12.3. The summed E-state index contributed by atoms with van der Waals surface area (Å²) in [7, 11) is 0. The molecule has 0 saturated heterocycles. The maximum Gasteiger partial charge on any atom is 0.147 e. The van der Waals surface area contributed by atoms with Gasteiger partial charge in [-0.15, -0.1) is 0 Å². The van der Waals surface area contributed by atoms with E-state index in [-0.39, 0.29) is 0 Å². The zero-order valence-corrected chi connectivity index (χ0v) is 23.7. The lowest BCUT2D eigenvalue weighted by Gasteiger charge is -2.18. The second kappa shape index (κ2) is 8.82. The van der Waals surface area contributed by atoms with Gasteiger partial charge in [0, 0.05) is 16.2 Å². The van der Waals surface area contributed by atoms with Crippen molar-refractivity contribution in [3.8, 4) is 22.3 Å². The number of fused-ring (bicyclic) bond motifs is 10. The highest BCUT2D eigenvalue weighted by atomic mass is 16.3. The molecule has 0 N–H and O–H groups in total. The molecule has 10 rings (SSSR count). The van der Waals surface area contributed by atoms with E-state index >= 15 is 0 Å². The van der Waals surface area contributed by atoms with Gasteiger partial charge in [0.15, 0.2) is 0 Å². The van der Waals surface area contributed by atoms with Crippen molar-refractivity contribution < 1.29 is 8.83 Å². The van der Waals surface area contributed by atoms with E-state index in [2.05, 4.69) is 127 Å². The van der Waals surface area contributed by atoms with Crippen LogP contribution in [0.15, 0.2) is 154 Å². The van der Waals surface area contributed by atoms with E-state index in [0.29, 0.717) is 0 Å². The Morgan fingerprint density at radius 1 is 0.341 bits per heavy atom. The summed E-state index contributed by atoms with van der Waals surface area (Å²) in [6.45, 7) is 0. The lowest BCUT2D eigenvalue weighted by molar-refractivity contribution is 0.663. The molecule has 2 nitrogen and oxygen atoms in total. The summed E-state index contributed by atoms with van der Waals surface area (Å²) in [6, 6.07) is 51.9. The Hall–Kier alpha value is -5.86. The van der Waals surface area contributed by atoms with Crippen molar-refractivity contribution in [1.82, 2.24) is 0 Å². The minimum Gasteiger partial charge on any atom is -0.456 e. The van der Waals surface area contributed by atoms with Crippen LogP contribution < -0.4 is 0 Å². The largest absolute Gasteiger partial charge is 0.456 e. The summed E-state index contributed by atoms with van der Waals surface area (Å²) >= 11 is 0. The summed E-state index contributed by atoms with van der Waals surface area (Å²) in [5.41, 5.74) is 8.23. The van der Waals surface area contributed by atoms with Crippen molar-refractivity contribution in [2.75, 3.05) is 0 Å². The first-order chi connectivity index (χ1) is 21.8. The Labute approximate surface area is 252 Å². The van der Waals surface area contributed by atoms with Gasteiger partial charge in [-0.2, -0.15) is 0 Å².